The van der Waals surface area contributed by atoms with Crippen molar-refractivity contribution in [3.63, 3.8) is 0 Å². The molecule has 1 N–H and O–H groups in total. The summed E-state index contributed by atoms with van der Waals surface area (Å²) in [5.41, 5.74) is 7.90. The molecule has 0 radical (unpaired) electrons. The average molecular weight is 269 g/mol. The van der Waals surface area contributed by atoms with E-state index in [-0.39, 0.29) is 6.04 Å². The van der Waals surface area contributed by atoms with Crippen molar-refractivity contribution in [2.45, 2.75) is 47.6 Å². The van der Waals surface area contributed by atoms with Crippen molar-refractivity contribution in [3.05, 3.63) is 52.1 Å². The number of anilines is 1. The van der Waals surface area contributed by atoms with Gasteiger partial charge in [-0.1, -0.05) is 0 Å². The fourth-order valence-electron chi connectivity index (χ4n) is 2.83. The van der Waals surface area contributed by atoms with Gasteiger partial charge in [0.05, 0.1) is 17.4 Å². The first-order chi connectivity index (χ1) is 9.38. The molecular weight excluding hydrogens is 246 g/mol. The maximum absolute atomic E-state index is 4.58. The van der Waals surface area contributed by atoms with Crippen LogP contribution in [0, 0.1) is 34.6 Å². The van der Waals surface area contributed by atoms with E-state index in [0.29, 0.717) is 0 Å². The van der Waals surface area contributed by atoms with Crippen molar-refractivity contribution >= 4 is 5.69 Å². The van der Waals surface area contributed by atoms with Crippen LogP contribution < -0.4 is 5.32 Å². The lowest BCUT2D eigenvalue weighted by Gasteiger charge is -2.21. The van der Waals surface area contributed by atoms with Gasteiger partial charge in [-0.05, 0) is 70.9 Å². The molecular formula is C17H23N3. The van der Waals surface area contributed by atoms with Crippen LogP contribution in [0.15, 0.2) is 18.2 Å². The molecule has 2 rings (SSSR count). The van der Waals surface area contributed by atoms with E-state index in [4.69, 9.17) is 0 Å². The number of aromatic nitrogens is 2. The molecule has 2 aromatic heterocycles. The van der Waals surface area contributed by atoms with Gasteiger partial charge in [-0.3, -0.25) is 9.97 Å². The number of nitrogens with one attached hydrogen (secondary N) is 1. The average Bonchev–Trinajstić information content (AvgIpc) is 2.31. The van der Waals surface area contributed by atoms with E-state index in [0.717, 1.165) is 28.5 Å². The van der Waals surface area contributed by atoms with E-state index in [1.807, 2.05) is 26.8 Å². The monoisotopic (exact) mass is 269 g/mol. The molecule has 1 atom stereocenters. The second-order valence-electron chi connectivity index (χ2n) is 5.53. The van der Waals surface area contributed by atoms with Crippen molar-refractivity contribution < 1.29 is 0 Å². The van der Waals surface area contributed by atoms with Gasteiger partial charge >= 0.3 is 0 Å². The van der Waals surface area contributed by atoms with E-state index in [2.05, 4.69) is 48.2 Å². The predicted molar refractivity (Wildman–Crippen MR) is 84.2 cm³/mol. The van der Waals surface area contributed by atoms with Crippen LogP contribution in [0.3, 0.4) is 0 Å². The third-order valence-corrected chi connectivity index (χ3v) is 3.61. The molecule has 2 heterocycles. The highest BCUT2D eigenvalue weighted by Crippen LogP contribution is 2.26. The molecule has 3 heteroatoms. The quantitative estimate of drug-likeness (QED) is 0.907. The maximum Gasteiger partial charge on any atom is 0.0607 e. The Morgan fingerprint density at radius 2 is 1.55 bits per heavy atom. The van der Waals surface area contributed by atoms with Gasteiger partial charge in [0.1, 0.15) is 0 Å². The highest BCUT2D eigenvalue weighted by Gasteiger charge is 2.14. The molecule has 0 aliphatic rings. The topological polar surface area (TPSA) is 37.8 Å². The third-order valence-electron chi connectivity index (χ3n) is 3.61. The molecule has 0 amide bonds. The molecule has 0 aromatic carbocycles. The lowest BCUT2D eigenvalue weighted by atomic mass is 10.00. The number of hydrogen-bond donors (Lipinski definition) is 1. The number of nitrogens with zero attached hydrogens (tertiary/aromatic N) is 2. The van der Waals surface area contributed by atoms with Crippen molar-refractivity contribution in [2.75, 3.05) is 5.32 Å². The van der Waals surface area contributed by atoms with Crippen LogP contribution >= 0.6 is 0 Å². The second kappa shape index (κ2) is 5.61. The van der Waals surface area contributed by atoms with Crippen molar-refractivity contribution in [1.82, 2.24) is 9.97 Å². The molecule has 0 aliphatic carbocycles. The zero-order chi connectivity index (χ0) is 14.9. The van der Waals surface area contributed by atoms with Crippen LogP contribution in [0.25, 0.3) is 0 Å². The molecule has 0 spiro atoms. The van der Waals surface area contributed by atoms with Crippen molar-refractivity contribution in [1.29, 1.82) is 0 Å². The summed E-state index contributed by atoms with van der Waals surface area (Å²) in [5.74, 6) is 0. The number of pyridine rings is 2. The predicted octanol–water partition coefficient (Wildman–Crippen LogP) is 4.19. The van der Waals surface area contributed by atoms with Gasteiger partial charge in [-0.25, -0.2) is 0 Å². The van der Waals surface area contributed by atoms with Crippen LogP contribution in [-0.4, -0.2) is 9.97 Å². The first kappa shape index (κ1) is 14.5. The summed E-state index contributed by atoms with van der Waals surface area (Å²) in [7, 11) is 0. The number of aryl methyl sites for hydroxylation is 5. The molecule has 2 aromatic rings. The van der Waals surface area contributed by atoms with Crippen LogP contribution in [0.1, 0.15) is 46.9 Å². The zero-order valence-electron chi connectivity index (χ0n) is 13.2. The molecule has 0 aliphatic heterocycles. The largest absolute Gasteiger partial charge is 0.377 e. The highest BCUT2D eigenvalue weighted by atomic mass is 14.9. The highest BCUT2D eigenvalue weighted by molar-refractivity contribution is 5.50. The van der Waals surface area contributed by atoms with Crippen LogP contribution in [-0.2, 0) is 0 Å². The molecule has 0 saturated carbocycles. The molecule has 106 valence electrons. The van der Waals surface area contributed by atoms with E-state index in [1.54, 1.807) is 0 Å². The Morgan fingerprint density at radius 3 is 2.15 bits per heavy atom. The second-order valence-corrected chi connectivity index (χ2v) is 5.53. The van der Waals surface area contributed by atoms with Gasteiger partial charge in [0.25, 0.3) is 0 Å². The Kier molecular flexibility index (Phi) is 4.07. The minimum absolute atomic E-state index is 0.214. The normalized spacial score (nSPS) is 12.3. The lowest BCUT2D eigenvalue weighted by molar-refractivity contribution is 0.838. The number of hydrogen-bond acceptors (Lipinski definition) is 3. The molecule has 1 unspecified atom stereocenters. The lowest BCUT2D eigenvalue weighted by Crippen LogP contribution is -2.12. The smallest absolute Gasteiger partial charge is 0.0607 e. The molecule has 3 nitrogen and oxygen atoms in total. The third kappa shape index (κ3) is 2.98. The summed E-state index contributed by atoms with van der Waals surface area (Å²) >= 11 is 0. The molecule has 20 heavy (non-hydrogen) atoms. The van der Waals surface area contributed by atoms with E-state index in [9.17, 15) is 0 Å². The van der Waals surface area contributed by atoms with Crippen molar-refractivity contribution in [2.24, 2.45) is 0 Å². The van der Waals surface area contributed by atoms with Crippen LogP contribution in [0.2, 0.25) is 0 Å². The first-order valence-corrected chi connectivity index (χ1v) is 7.04. The Bertz CT molecular complexity index is 609. The van der Waals surface area contributed by atoms with E-state index in [1.165, 1.54) is 11.1 Å². The summed E-state index contributed by atoms with van der Waals surface area (Å²) in [4.78, 5) is 9.08. The summed E-state index contributed by atoms with van der Waals surface area (Å²) in [5, 5.41) is 3.55. The van der Waals surface area contributed by atoms with E-state index >= 15 is 0 Å². The summed E-state index contributed by atoms with van der Waals surface area (Å²) in [6.45, 7) is 12.5. The minimum atomic E-state index is 0.214. The van der Waals surface area contributed by atoms with E-state index < -0.39 is 0 Å². The van der Waals surface area contributed by atoms with Gasteiger partial charge in [0.15, 0.2) is 0 Å². The van der Waals surface area contributed by atoms with Gasteiger partial charge < -0.3 is 5.32 Å². The van der Waals surface area contributed by atoms with Crippen LogP contribution in [0.5, 0.6) is 0 Å². The Morgan fingerprint density at radius 1 is 0.900 bits per heavy atom. The van der Waals surface area contributed by atoms with Gasteiger partial charge in [-0.15, -0.1) is 0 Å². The molecule has 0 fully saturated rings. The summed E-state index contributed by atoms with van der Waals surface area (Å²) in [6.07, 6.45) is 0. The van der Waals surface area contributed by atoms with Gasteiger partial charge in [-0.2, -0.15) is 0 Å². The summed E-state index contributed by atoms with van der Waals surface area (Å²) < 4.78 is 0. The first-order valence-electron chi connectivity index (χ1n) is 7.04. The van der Waals surface area contributed by atoms with Crippen LogP contribution in [0.4, 0.5) is 5.69 Å². The standard InChI is InChI=1S/C17H23N3/c1-10-9-12(3)19-14(5)17(10)15(6)20-16-8-7-11(2)18-13(16)4/h7-9,15,20H,1-6H3. The Labute approximate surface area is 121 Å². The molecule has 0 bridgehead atoms. The maximum atomic E-state index is 4.58. The van der Waals surface area contributed by atoms with Gasteiger partial charge in [0, 0.05) is 17.1 Å². The Hall–Kier alpha value is -1.90. The minimum Gasteiger partial charge on any atom is -0.377 e. The van der Waals surface area contributed by atoms with Crippen molar-refractivity contribution in [3.8, 4) is 0 Å². The van der Waals surface area contributed by atoms with Gasteiger partial charge in [0.2, 0.25) is 0 Å². The number of rotatable bonds is 3. The SMILES string of the molecule is Cc1ccc(NC(C)c2c(C)cc(C)nc2C)c(C)n1. The molecule has 0 saturated heterocycles. The zero-order valence-corrected chi connectivity index (χ0v) is 13.2. The summed E-state index contributed by atoms with van der Waals surface area (Å²) in [6, 6.07) is 6.49. The fraction of sp³-hybridized carbons (Fsp3) is 0.412. The Balaban J connectivity index is 2.31. The fourth-order valence-corrected chi connectivity index (χ4v) is 2.83.